The zero-order valence-corrected chi connectivity index (χ0v) is 14.9. The molecule has 0 unspecified atom stereocenters. The summed E-state index contributed by atoms with van der Waals surface area (Å²) in [6.45, 7) is 8.54. The summed E-state index contributed by atoms with van der Waals surface area (Å²) in [6.07, 6.45) is 0. The summed E-state index contributed by atoms with van der Waals surface area (Å²) in [5.74, 6) is -1.62. The summed E-state index contributed by atoms with van der Waals surface area (Å²) in [4.78, 5) is 12.2. The molecule has 0 aliphatic rings. The molecule has 2 N–H and O–H groups in total. The van der Waals surface area contributed by atoms with Crippen LogP contribution in [0.1, 0.15) is 56.5 Å². The number of benzene rings is 1. The maximum atomic E-state index is 14.3. The minimum absolute atomic E-state index is 0.0107. The molecule has 0 aliphatic carbocycles. The predicted molar refractivity (Wildman–Crippen MR) is 88.8 cm³/mol. The van der Waals surface area contributed by atoms with Crippen molar-refractivity contribution < 1.29 is 28.9 Å². The van der Waals surface area contributed by atoms with Crippen LogP contribution < -0.4 is 4.74 Å². The second-order valence-corrected chi connectivity index (χ2v) is 7.07. The van der Waals surface area contributed by atoms with Crippen molar-refractivity contribution in [2.45, 2.75) is 46.1 Å². The molecule has 24 heavy (non-hydrogen) atoms. The Morgan fingerprint density at radius 1 is 1.21 bits per heavy atom. The highest BCUT2D eigenvalue weighted by Crippen LogP contribution is 2.30. The van der Waals surface area contributed by atoms with Crippen molar-refractivity contribution in [1.82, 2.24) is 0 Å². The quantitative estimate of drug-likeness (QED) is 0.745. The lowest BCUT2D eigenvalue weighted by molar-refractivity contribution is 0.00645. The summed E-state index contributed by atoms with van der Waals surface area (Å²) in [5, 5.41) is 18.2. The lowest BCUT2D eigenvalue weighted by Crippen LogP contribution is -2.25. The van der Waals surface area contributed by atoms with E-state index >= 15 is 0 Å². The van der Waals surface area contributed by atoms with E-state index in [9.17, 15) is 9.18 Å². The van der Waals surface area contributed by atoms with Gasteiger partial charge in [-0.2, -0.15) is 0 Å². The molecule has 6 heteroatoms. The van der Waals surface area contributed by atoms with Gasteiger partial charge in [-0.15, -0.1) is 0 Å². The van der Waals surface area contributed by atoms with Crippen molar-refractivity contribution in [3.63, 3.8) is 0 Å². The first kappa shape index (κ1) is 20.4. The second-order valence-electron chi connectivity index (χ2n) is 7.07. The monoisotopic (exact) mass is 342 g/mol. The van der Waals surface area contributed by atoms with Crippen LogP contribution in [0.25, 0.3) is 0 Å². The zero-order valence-electron chi connectivity index (χ0n) is 14.9. The number of halogens is 1. The number of hydrogen-bond donors (Lipinski definition) is 2. The van der Waals surface area contributed by atoms with Gasteiger partial charge >= 0.3 is 5.97 Å². The van der Waals surface area contributed by atoms with Crippen molar-refractivity contribution >= 4 is 5.97 Å². The zero-order chi connectivity index (χ0) is 18.5. The Hall–Kier alpha value is -1.66. The average Bonchev–Trinajstić information content (AvgIpc) is 2.46. The summed E-state index contributed by atoms with van der Waals surface area (Å²) < 4.78 is 25.1. The third-order valence-corrected chi connectivity index (χ3v) is 3.33. The summed E-state index contributed by atoms with van der Waals surface area (Å²) in [5.41, 5.74) is -0.194. The smallest absolute Gasteiger partial charge is 0.341 e. The number of carbonyl (C=O) groups is 1. The fourth-order valence-electron chi connectivity index (χ4n) is 2.01. The normalized spacial score (nSPS) is 11.9. The SMILES string of the molecule is CC(C)c1cc(C(=O)OC(C)(C)C)c(F)cc1OCC(CO)CO. The van der Waals surface area contributed by atoms with Crippen LogP contribution in [0, 0.1) is 11.7 Å². The molecule has 5 nitrogen and oxygen atoms in total. The first-order valence-corrected chi connectivity index (χ1v) is 8.00. The maximum Gasteiger partial charge on any atom is 0.341 e. The summed E-state index contributed by atoms with van der Waals surface area (Å²) in [6, 6.07) is 2.59. The second kappa shape index (κ2) is 8.44. The van der Waals surface area contributed by atoms with E-state index in [4.69, 9.17) is 19.7 Å². The van der Waals surface area contributed by atoms with Crippen LogP contribution in [0.15, 0.2) is 12.1 Å². The molecule has 0 amide bonds. The largest absolute Gasteiger partial charge is 0.493 e. The minimum Gasteiger partial charge on any atom is -0.493 e. The van der Waals surface area contributed by atoms with Gasteiger partial charge in [0.2, 0.25) is 0 Å². The molecule has 1 rings (SSSR count). The van der Waals surface area contributed by atoms with Gasteiger partial charge in [-0.05, 0) is 38.3 Å². The van der Waals surface area contributed by atoms with Crippen molar-refractivity contribution in [3.8, 4) is 5.75 Å². The van der Waals surface area contributed by atoms with Gasteiger partial charge in [0.1, 0.15) is 17.2 Å². The van der Waals surface area contributed by atoms with E-state index in [2.05, 4.69) is 0 Å². The standard InChI is InChI=1S/C18H27FO5/c1-11(2)13-6-14(17(22)24-18(3,4)5)15(19)7-16(13)23-10-12(8-20)9-21/h6-7,11-12,20-21H,8-10H2,1-5H3. The average molecular weight is 342 g/mol. The molecule has 1 aromatic carbocycles. The molecule has 0 spiro atoms. The van der Waals surface area contributed by atoms with Crippen LogP contribution in [0.3, 0.4) is 0 Å². The van der Waals surface area contributed by atoms with Gasteiger partial charge in [0, 0.05) is 12.0 Å². The fourth-order valence-corrected chi connectivity index (χ4v) is 2.01. The van der Waals surface area contributed by atoms with Gasteiger partial charge in [-0.3, -0.25) is 0 Å². The van der Waals surface area contributed by atoms with Crippen molar-refractivity contribution in [1.29, 1.82) is 0 Å². The number of rotatable bonds is 7. The van der Waals surface area contributed by atoms with Gasteiger partial charge < -0.3 is 19.7 Å². The highest BCUT2D eigenvalue weighted by atomic mass is 19.1. The predicted octanol–water partition coefficient (Wildman–Crippen LogP) is 2.88. The van der Waals surface area contributed by atoms with Crippen LogP contribution in [0.2, 0.25) is 0 Å². The van der Waals surface area contributed by atoms with Gasteiger partial charge in [-0.25, -0.2) is 9.18 Å². The van der Waals surface area contributed by atoms with Crippen LogP contribution >= 0.6 is 0 Å². The highest BCUT2D eigenvalue weighted by molar-refractivity contribution is 5.90. The Balaban J connectivity index is 3.11. The summed E-state index contributed by atoms with van der Waals surface area (Å²) >= 11 is 0. The van der Waals surface area contributed by atoms with Gasteiger partial charge in [-0.1, -0.05) is 13.8 Å². The Bertz CT molecular complexity index is 559. The fraction of sp³-hybridized carbons (Fsp3) is 0.611. The Morgan fingerprint density at radius 2 is 1.79 bits per heavy atom. The van der Waals surface area contributed by atoms with Gasteiger partial charge in [0.05, 0.1) is 25.4 Å². The van der Waals surface area contributed by atoms with E-state index in [0.717, 1.165) is 6.07 Å². The Morgan fingerprint density at radius 3 is 2.25 bits per heavy atom. The van der Waals surface area contributed by atoms with Crippen molar-refractivity contribution in [2.75, 3.05) is 19.8 Å². The van der Waals surface area contributed by atoms with Crippen molar-refractivity contribution in [2.24, 2.45) is 5.92 Å². The molecule has 0 saturated carbocycles. The number of aliphatic hydroxyl groups is 2. The van der Waals surface area contributed by atoms with Crippen LogP contribution in [-0.2, 0) is 4.74 Å². The first-order chi connectivity index (χ1) is 11.1. The van der Waals surface area contributed by atoms with E-state index in [0.29, 0.717) is 11.3 Å². The molecule has 1 aromatic rings. The molecule has 0 aliphatic heterocycles. The molecule has 136 valence electrons. The highest BCUT2D eigenvalue weighted by Gasteiger charge is 2.24. The van der Waals surface area contributed by atoms with Crippen molar-refractivity contribution in [3.05, 3.63) is 29.1 Å². The Labute approximate surface area is 142 Å². The van der Waals surface area contributed by atoms with E-state index in [1.54, 1.807) is 20.8 Å². The van der Waals surface area contributed by atoms with Gasteiger partial charge in [0.15, 0.2) is 0 Å². The van der Waals surface area contributed by atoms with E-state index in [1.165, 1.54) is 6.07 Å². The Kier molecular flexibility index (Phi) is 7.17. The maximum absolute atomic E-state index is 14.3. The number of ether oxygens (including phenoxy) is 2. The lowest BCUT2D eigenvalue weighted by atomic mass is 9.99. The first-order valence-electron chi connectivity index (χ1n) is 8.00. The molecule has 0 radical (unpaired) electrons. The lowest BCUT2D eigenvalue weighted by Gasteiger charge is -2.21. The molecule has 0 atom stereocenters. The molecule has 0 fully saturated rings. The third-order valence-electron chi connectivity index (χ3n) is 3.33. The number of aliphatic hydroxyl groups excluding tert-OH is 2. The van der Waals surface area contributed by atoms with E-state index < -0.39 is 23.3 Å². The van der Waals surface area contributed by atoms with E-state index in [1.807, 2.05) is 13.8 Å². The molecular formula is C18H27FO5. The van der Waals surface area contributed by atoms with Gasteiger partial charge in [0.25, 0.3) is 0 Å². The number of hydrogen-bond acceptors (Lipinski definition) is 5. The molecule has 0 heterocycles. The third kappa shape index (κ3) is 5.76. The number of esters is 1. The summed E-state index contributed by atoms with van der Waals surface area (Å²) in [7, 11) is 0. The molecule has 0 aromatic heterocycles. The topological polar surface area (TPSA) is 76.0 Å². The minimum atomic E-state index is -0.729. The van der Waals surface area contributed by atoms with Crippen LogP contribution in [-0.4, -0.2) is 41.6 Å². The molecule has 0 saturated heterocycles. The molecular weight excluding hydrogens is 315 g/mol. The number of carbonyl (C=O) groups excluding carboxylic acids is 1. The molecule has 0 bridgehead atoms. The van der Waals surface area contributed by atoms with Crippen LogP contribution in [0.4, 0.5) is 4.39 Å². The van der Waals surface area contributed by atoms with Crippen LogP contribution in [0.5, 0.6) is 5.75 Å². The van der Waals surface area contributed by atoms with E-state index in [-0.39, 0.29) is 31.3 Å².